The van der Waals surface area contributed by atoms with Crippen LogP contribution in [0.1, 0.15) is 29.6 Å². The zero-order chi connectivity index (χ0) is 12.5. The molecule has 4 nitrogen and oxygen atoms in total. The number of para-hydroxylation sites is 1. The monoisotopic (exact) mass is 238 g/mol. The minimum absolute atomic E-state index is 0.103. The summed E-state index contributed by atoms with van der Waals surface area (Å²) in [7, 11) is 0. The molecule has 5 heteroatoms. The molecule has 1 aliphatic rings. The molecule has 1 aliphatic carbocycles. The number of nitrogens with one attached hydrogen (secondary N) is 1. The Morgan fingerprint density at radius 3 is 2.76 bits per heavy atom. The van der Waals surface area contributed by atoms with Crippen LogP contribution >= 0.6 is 0 Å². The van der Waals surface area contributed by atoms with Crippen molar-refractivity contribution in [2.45, 2.75) is 24.8 Å². The number of amides is 1. The van der Waals surface area contributed by atoms with Crippen molar-refractivity contribution in [1.82, 2.24) is 5.32 Å². The lowest BCUT2D eigenvalue weighted by molar-refractivity contribution is 0.0642. The Bertz CT molecular complexity index is 439. The van der Waals surface area contributed by atoms with Gasteiger partial charge in [-0.25, -0.2) is 4.39 Å². The Balaban J connectivity index is 2.17. The molecule has 0 aliphatic heterocycles. The summed E-state index contributed by atoms with van der Waals surface area (Å²) in [5.74, 6) is -1.04. The van der Waals surface area contributed by atoms with E-state index in [9.17, 15) is 14.3 Å². The quantitative estimate of drug-likeness (QED) is 0.689. The number of carbonyl (C=O) groups is 1. The van der Waals surface area contributed by atoms with Gasteiger partial charge >= 0.3 is 0 Å². The van der Waals surface area contributed by atoms with E-state index in [2.05, 4.69) is 5.32 Å². The summed E-state index contributed by atoms with van der Waals surface area (Å²) in [6, 6.07) is 4.11. The molecule has 0 spiro atoms. The molecule has 0 atom stereocenters. The molecule has 1 saturated carbocycles. The zero-order valence-electron chi connectivity index (χ0n) is 9.37. The van der Waals surface area contributed by atoms with Gasteiger partial charge in [0.1, 0.15) is 5.82 Å². The van der Waals surface area contributed by atoms with Gasteiger partial charge in [-0.2, -0.15) is 0 Å². The number of rotatable bonds is 3. The second-order valence-corrected chi connectivity index (χ2v) is 4.45. The van der Waals surface area contributed by atoms with E-state index in [4.69, 9.17) is 5.73 Å². The number of carbonyl (C=O) groups excluding carboxylic acids is 1. The number of benzene rings is 1. The number of halogens is 1. The van der Waals surface area contributed by atoms with Gasteiger partial charge in [0.05, 0.1) is 23.4 Å². The van der Waals surface area contributed by atoms with Crippen LogP contribution in [0.4, 0.5) is 10.1 Å². The maximum atomic E-state index is 13.2. The maximum Gasteiger partial charge on any atom is 0.253 e. The number of aliphatic hydroxyl groups is 1. The molecule has 1 amide bonds. The van der Waals surface area contributed by atoms with E-state index >= 15 is 0 Å². The molecular formula is C12H15FN2O2. The van der Waals surface area contributed by atoms with Crippen molar-refractivity contribution in [3.05, 3.63) is 29.6 Å². The van der Waals surface area contributed by atoms with Crippen LogP contribution in [0.3, 0.4) is 0 Å². The molecule has 2 rings (SSSR count). The first-order valence-corrected chi connectivity index (χ1v) is 5.55. The molecule has 0 aromatic heterocycles. The van der Waals surface area contributed by atoms with Gasteiger partial charge in [-0.15, -0.1) is 0 Å². The lowest BCUT2D eigenvalue weighted by atomic mass is 9.77. The molecule has 0 heterocycles. The van der Waals surface area contributed by atoms with E-state index in [0.717, 1.165) is 19.3 Å². The third-order valence-electron chi connectivity index (χ3n) is 3.29. The van der Waals surface area contributed by atoms with E-state index < -0.39 is 17.3 Å². The normalized spacial score (nSPS) is 17.3. The van der Waals surface area contributed by atoms with E-state index in [1.54, 1.807) is 0 Å². The summed E-state index contributed by atoms with van der Waals surface area (Å²) in [5.41, 5.74) is 4.92. The molecule has 0 radical (unpaired) electrons. The van der Waals surface area contributed by atoms with E-state index in [0.29, 0.717) is 0 Å². The fourth-order valence-corrected chi connectivity index (χ4v) is 1.97. The highest BCUT2D eigenvalue weighted by Gasteiger charge is 2.38. The fourth-order valence-electron chi connectivity index (χ4n) is 1.97. The average molecular weight is 238 g/mol. The van der Waals surface area contributed by atoms with E-state index in [-0.39, 0.29) is 17.9 Å². The summed E-state index contributed by atoms with van der Waals surface area (Å²) in [6.07, 6.45) is 2.45. The summed E-state index contributed by atoms with van der Waals surface area (Å²) in [4.78, 5) is 11.9. The molecule has 0 saturated heterocycles. The molecule has 92 valence electrons. The van der Waals surface area contributed by atoms with Gasteiger partial charge in [-0.05, 0) is 31.4 Å². The smallest absolute Gasteiger partial charge is 0.253 e. The van der Waals surface area contributed by atoms with Crippen LogP contribution in [0.15, 0.2) is 18.2 Å². The van der Waals surface area contributed by atoms with Crippen molar-refractivity contribution in [3.8, 4) is 0 Å². The van der Waals surface area contributed by atoms with Gasteiger partial charge in [0.15, 0.2) is 0 Å². The number of nitrogen functional groups attached to an aromatic ring is 1. The molecule has 1 fully saturated rings. The van der Waals surface area contributed by atoms with Gasteiger partial charge in [0.2, 0.25) is 0 Å². The molecule has 0 unspecified atom stereocenters. The minimum atomic E-state index is -0.607. The molecule has 0 bridgehead atoms. The predicted molar refractivity (Wildman–Crippen MR) is 61.9 cm³/mol. The van der Waals surface area contributed by atoms with Crippen molar-refractivity contribution < 1.29 is 14.3 Å². The van der Waals surface area contributed by atoms with Crippen LogP contribution in [0.25, 0.3) is 0 Å². The van der Waals surface area contributed by atoms with Gasteiger partial charge in [-0.1, -0.05) is 6.07 Å². The van der Waals surface area contributed by atoms with Gasteiger partial charge in [0.25, 0.3) is 5.91 Å². The average Bonchev–Trinajstić information content (AvgIpc) is 2.27. The SMILES string of the molecule is Nc1c(F)cccc1C(=O)NC1(CO)CCC1. The number of hydrogen-bond donors (Lipinski definition) is 3. The highest BCUT2D eigenvalue weighted by Crippen LogP contribution is 2.31. The minimum Gasteiger partial charge on any atom is -0.396 e. The second kappa shape index (κ2) is 4.33. The third kappa shape index (κ3) is 2.10. The first kappa shape index (κ1) is 11.9. The van der Waals surface area contributed by atoms with Crippen molar-refractivity contribution in [2.75, 3.05) is 12.3 Å². The molecular weight excluding hydrogens is 223 g/mol. The Hall–Kier alpha value is -1.62. The van der Waals surface area contributed by atoms with Crippen LogP contribution in [-0.4, -0.2) is 23.2 Å². The Kier molecular flexibility index (Phi) is 3.02. The Labute approximate surface area is 98.6 Å². The predicted octanol–water partition coefficient (Wildman–Crippen LogP) is 1.05. The maximum absolute atomic E-state index is 13.2. The van der Waals surface area contributed by atoms with Gasteiger partial charge in [0, 0.05) is 0 Å². The van der Waals surface area contributed by atoms with Crippen LogP contribution in [0, 0.1) is 5.82 Å². The van der Waals surface area contributed by atoms with Crippen molar-refractivity contribution in [2.24, 2.45) is 0 Å². The highest BCUT2D eigenvalue weighted by atomic mass is 19.1. The molecule has 17 heavy (non-hydrogen) atoms. The molecule has 1 aromatic rings. The highest BCUT2D eigenvalue weighted by molar-refractivity contribution is 5.99. The fraction of sp³-hybridized carbons (Fsp3) is 0.417. The van der Waals surface area contributed by atoms with Gasteiger partial charge < -0.3 is 16.2 Å². The lowest BCUT2D eigenvalue weighted by Crippen LogP contribution is -2.56. The lowest BCUT2D eigenvalue weighted by Gasteiger charge is -2.41. The van der Waals surface area contributed by atoms with E-state index in [1.165, 1.54) is 18.2 Å². The van der Waals surface area contributed by atoms with Crippen molar-refractivity contribution in [3.63, 3.8) is 0 Å². The third-order valence-corrected chi connectivity index (χ3v) is 3.29. The number of anilines is 1. The molecule has 4 N–H and O–H groups in total. The largest absolute Gasteiger partial charge is 0.396 e. The first-order chi connectivity index (χ1) is 8.08. The van der Waals surface area contributed by atoms with Gasteiger partial charge in [-0.3, -0.25) is 4.79 Å². The standard InChI is InChI=1S/C12H15FN2O2/c13-9-4-1-3-8(10(9)14)11(17)15-12(7-16)5-2-6-12/h1,3-4,16H,2,5-7,14H2,(H,15,17). The van der Waals surface area contributed by atoms with Crippen LogP contribution in [-0.2, 0) is 0 Å². The number of hydrogen-bond acceptors (Lipinski definition) is 3. The van der Waals surface area contributed by atoms with Crippen molar-refractivity contribution in [1.29, 1.82) is 0 Å². The Morgan fingerprint density at radius 1 is 1.53 bits per heavy atom. The molecule has 1 aromatic carbocycles. The van der Waals surface area contributed by atoms with Crippen LogP contribution in [0.5, 0.6) is 0 Å². The summed E-state index contributed by atoms with van der Waals surface area (Å²) >= 11 is 0. The summed E-state index contributed by atoms with van der Waals surface area (Å²) in [5, 5.41) is 12.0. The topological polar surface area (TPSA) is 75.4 Å². The Morgan fingerprint density at radius 2 is 2.24 bits per heavy atom. The van der Waals surface area contributed by atoms with Crippen LogP contribution in [0.2, 0.25) is 0 Å². The zero-order valence-corrected chi connectivity index (χ0v) is 9.37. The summed E-state index contributed by atoms with van der Waals surface area (Å²) in [6.45, 7) is -0.103. The number of nitrogens with two attached hydrogens (primary N) is 1. The van der Waals surface area contributed by atoms with E-state index in [1.807, 2.05) is 0 Å². The second-order valence-electron chi connectivity index (χ2n) is 4.45. The number of aliphatic hydroxyl groups excluding tert-OH is 1. The van der Waals surface area contributed by atoms with Crippen LogP contribution < -0.4 is 11.1 Å². The van der Waals surface area contributed by atoms with Crippen molar-refractivity contribution >= 4 is 11.6 Å². The summed E-state index contributed by atoms with van der Waals surface area (Å²) < 4.78 is 13.2. The first-order valence-electron chi connectivity index (χ1n) is 5.55.